The molecule has 0 spiro atoms. The van der Waals surface area contributed by atoms with E-state index in [-0.39, 0.29) is 49.1 Å². The quantitative estimate of drug-likeness (QED) is 0.227. The molecule has 3 heterocycles. The van der Waals surface area contributed by atoms with E-state index >= 15 is 0 Å². The van der Waals surface area contributed by atoms with Crippen LogP contribution < -0.4 is 10.2 Å². The van der Waals surface area contributed by atoms with Gasteiger partial charge in [-0.15, -0.1) is 0 Å². The molecule has 0 bridgehead atoms. The first-order valence-corrected chi connectivity index (χ1v) is 18.9. The van der Waals surface area contributed by atoms with Gasteiger partial charge in [0.15, 0.2) is 11.4 Å². The fourth-order valence-corrected chi connectivity index (χ4v) is 8.70. The van der Waals surface area contributed by atoms with E-state index in [2.05, 4.69) is 15.1 Å². The summed E-state index contributed by atoms with van der Waals surface area (Å²) in [6.45, 7) is 6.40. The van der Waals surface area contributed by atoms with Crippen molar-refractivity contribution in [1.29, 1.82) is 0 Å². The van der Waals surface area contributed by atoms with Crippen LogP contribution in [0.2, 0.25) is 0 Å². The number of hydrogen-bond donors (Lipinski definition) is 2. The number of hydrogen-bond acceptors (Lipinski definition) is 11. The molecule has 0 saturated carbocycles. The van der Waals surface area contributed by atoms with E-state index in [9.17, 15) is 18.3 Å². The number of ether oxygens (including phenoxy) is 3. The van der Waals surface area contributed by atoms with Gasteiger partial charge in [-0.3, -0.25) is 0 Å². The van der Waals surface area contributed by atoms with Crippen LogP contribution in [0.15, 0.2) is 53.4 Å². The number of thiazole rings is 1. The van der Waals surface area contributed by atoms with Crippen molar-refractivity contribution in [3.63, 3.8) is 0 Å². The maximum absolute atomic E-state index is 14.2. The number of benzene rings is 2. The molecule has 48 heavy (non-hydrogen) atoms. The highest BCUT2D eigenvalue weighted by atomic mass is 32.2. The highest BCUT2D eigenvalue weighted by Gasteiger charge is 2.44. The molecule has 3 aromatic rings. The predicted octanol–water partition coefficient (Wildman–Crippen LogP) is 3.79. The van der Waals surface area contributed by atoms with Crippen molar-refractivity contribution in [2.24, 2.45) is 11.8 Å². The van der Waals surface area contributed by atoms with Gasteiger partial charge in [0.25, 0.3) is 0 Å². The Kier molecular flexibility index (Phi) is 12.3. The second-order valence-electron chi connectivity index (χ2n) is 13.4. The number of anilines is 1. The molecule has 1 aromatic heterocycles. The number of sulfonamides is 1. The third-order valence-corrected chi connectivity index (χ3v) is 11.7. The largest absolute Gasteiger partial charge is 0.443 e. The molecule has 5 atom stereocenters. The summed E-state index contributed by atoms with van der Waals surface area (Å²) in [7, 11) is 2.05. The maximum Gasteiger partial charge on any atom is 0.407 e. The standard InChI is InChI=1S/C34H49N5O7S2/c1-23(2)20-39(48(42,43)25-12-13-31-28(19-25)35-33(47-31)38(5)16-9-15-37(3)4)21-29(40)27(18-24-10-7-6-8-11-24)36-34(41)46-30-22-45-32-26(30)14-17-44-32/h6-8,10-13,19,23,26-27,29-30,32,40H,9,14-18,20-22H2,1-5H3,(H,36,41)/t26-,27-,29+,30-,32+/m0/s1. The smallest absolute Gasteiger partial charge is 0.407 e. The molecule has 1 amide bonds. The Balaban J connectivity index is 1.33. The Bertz CT molecular complexity index is 1600. The number of carbonyl (C=O) groups is 1. The van der Waals surface area contributed by atoms with Crippen LogP contribution in [0.3, 0.4) is 0 Å². The van der Waals surface area contributed by atoms with Crippen LogP contribution in [0.4, 0.5) is 9.93 Å². The highest BCUT2D eigenvalue weighted by Crippen LogP contribution is 2.33. The molecule has 2 aromatic carbocycles. The molecule has 2 aliphatic rings. The van der Waals surface area contributed by atoms with Crippen LogP contribution in [-0.4, -0.2) is 119 Å². The zero-order valence-electron chi connectivity index (χ0n) is 28.4. The van der Waals surface area contributed by atoms with E-state index in [1.807, 2.05) is 65.3 Å². The van der Waals surface area contributed by atoms with Gasteiger partial charge in [-0.25, -0.2) is 18.2 Å². The number of carbonyl (C=O) groups excluding carboxylic acids is 1. The number of rotatable bonds is 16. The number of fused-ring (bicyclic) bond motifs is 2. The van der Waals surface area contributed by atoms with Crippen molar-refractivity contribution in [1.82, 2.24) is 19.5 Å². The van der Waals surface area contributed by atoms with Gasteiger partial charge in [-0.2, -0.15) is 4.31 Å². The highest BCUT2D eigenvalue weighted by molar-refractivity contribution is 7.89. The van der Waals surface area contributed by atoms with E-state index in [4.69, 9.17) is 19.2 Å². The molecular formula is C34H49N5O7S2. The summed E-state index contributed by atoms with van der Waals surface area (Å²) in [6.07, 6.45) is -0.754. The Labute approximate surface area is 288 Å². The van der Waals surface area contributed by atoms with Crippen molar-refractivity contribution >= 4 is 42.8 Å². The lowest BCUT2D eigenvalue weighted by Crippen LogP contribution is -2.51. The number of aromatic nitrogens is 1. The molecule has 0 aliphatic carbocycles. The molecule has 0 radical (unpaired) electrons. The summed E-state index contributed by atoms with van der Waals surface area (Å²) >= 11 is 1.53. The first-order valence-electron chi connectivity index (χ1n) is 16.6. The van der Waals surface area contributed by atoms with Crippen LogP contribution in [0.5, 0.6) is 0 Å². The summed E-state index contributed by atoms with van der Waals surface area (Å²) in [5.41, 5.74) is 1.49. The second-order valence-corrected chi connectivity index (χ2v) is 16.3. The molecule has 2 N–H and O–H groups in total. The van der Waals surface area contributed by atoms with Crippen LogP contribution in [0, 0.1) is 11.8 Å². The van der Waals surface area contributed by atoms with Crippen molar-refractivity contribution in [2.45, 2.75) is 62.5 Å². The van der Waals surface area contributed by atoms with Crippen molar-refractivity contribution in [3.8, 4) is 0 Å². The second kappa shape index (κ2) is 16.2. The lowest BCUT2D eigenvalue weighted by Gasteiger charge is -2.31. The number of aliphatic hydroxyl groups excluding tert-OH is 1. The van der Waals surface area contributed by atoms with Gasteiger partial charge in [0.05, 0.1) is 46.4 Å². The van der Waals surface area contributed by atoms with Gasteiger partial charge in [-0.1, -0.05) is 55.5 Å². The predicted molar refractivity (Wildman–Crippen MR) is 187 cm³/mol. The number of aliphatic hydroxyl groups is 1. The topological polar surface area (TPSA) is 134 Å². The lowest BCUT2D eigenvalue weighted by molar-refractivity contribution is -0.0907. The molecule has 2 fully saturated rings. The summed E-state index contributed by atoms with van der Waals surface area (Å²) in [6, 6.07) is 13.6. The van der Waals surface area contributed by atoms with Crippen molar-refractivity contribution in [2.75, 3.05) is 65.4 Å². The van der Waals surface area contributed by atoms with E-state index in [0.29, 0.717) is 12.1 Å². The van der Waals surface area contributed by atoms with Gasteiger partial charge in [0, 0.05) is 26.7 Å². The Morgan fingerprint density at radius 3 is 2.60 bits per heavy atom. The van der Waals surface area contributed by atoms with Crippen LogP contribution in [0.25, 0.3) is 10.2 Å². The Hall–Kier alpha value is -2.85. The van der Waals surface area contributed by atoms with Crippen molar-refractivity contribution < 1.29 is 32.5 Å². The normalized spacial score (nSPS) is 20.8. The van der Waals surface area contributed by atoms with E-state index in [1.165, 1.54) is 15.6 Å². The number of alkyl carbamates (subject to hydrolysis) is 1. The third kappa shape index (κ3) is 9.23. The molecule has 2 saturated heterocycles. The monoisotopic (exact) mass is 703 g/mol. The molecule has 12 nitrogen and oxygen atoms in total. The average molecular weight is 704 g/mol. The lowest BCUT2D eigenvalue weighted by atomic mass is 10.0. The van der Waals surface area contributed by atoms with Gasteiger partial charge < -0.3 is 34.4 Å². The fraction of sp³-hybridized carbons (Fsp3) is 0.588. The molecule has 2 aliphatic heterocycles. The number of nitrogens with zero attached hydrogens (tertiary/aromatic N) is 4. The Morgan fingerprint density at radius 1 is 1.10 bits per heavy atom. The first-order chi connectivity index (χ1) is 22.9. The van der Waals surface area contributed by atoms with Gasteiger partial charge in [0.2, 0.25) is 10.0 Å². The Morgan fingerprint density at radius 2 is 1.88 bits per heavy atom. The molecular weight excluding hydrogens is 655 g/mol. The molecule has 5 rings (SSSR count). The average Bonchev–Trinajstić information content (AvgIpc) is 3.77. The fourth-order valence-electron chi connectivity index (χ4n) is 6.12. The van der Waals surface area contributed by atoms with E-state index in [0.717, 1.165) is 41.3 Å². The van der Waals surface area contributed by atoms with E-state index < -0.39 is 34.4 Å². The number of nitrogens with one attached hydrogen (secondary N) is 1. The maximum atomic E-state index is 14.2. The minimum atomic E-state index is -4.04. The molecule has 14 heteroatoms. The minimum absolute atomic E-state index is 0.0214. The first kappa shape index (κ1) is 36.4. The van der Waals surface area contributed by atoms with Crippen LogP contribution >= 0.6 is 11.3 Å². The van der Waals surface area contributed by atoms with Gasteiger partial charge in [-0.05, 0) is 69.6 Å². The van der Waals surface area contributed by atoms with Gasteiger partial charge >= 0.3 is 6.09 Å². The van der Waals surface area contributed by atoms with Crippen molar-refractivity contribution in [3.05, 3.63) is 54.1 Å². The summed E-state index contributed by atoms with van der Waals surface area (Å²) < 4.78 is 47.4. The summed E-state index contributed by atoms with van der Waals surface area (Å²) in [5.74, 6) is -0.0543. The zero-order chi connectivity index (χ0) is 34.4. The summed E-state index contributed by atoms with van der Waals surface area (Å²) in [4.78, 5) is 22.2. The molecule has 0 unspecified atom stereocenters. The third-order valence-electron chi connectivity index (χ3n) is 8.68. The van der Waals surface area contributed by atoms with Gasteiger partial charge in [0.1, 0.15) is 6.10 Å². The van der Waals surface area contributed by atoms with Crippen LogP contribution in [-0.2, 0) is 30.7 Å². The minimum Gasteiger partial charge on any atom is -0.443 e. The zero-order valence-corrected chi connectivity index (χ0v) is 30.1. The summed E-state index contributed by atoms with van der Waals surface area (Å²) in [5, 5.41) is 15.3. The SMILES string of the molecule is CC(C)CN(C[C@@H](O)[C@H](Cc1ccccc1)NC(=O)O[C@H]1CO[C@H]2OCC[C@H]21)S(=O)(=O)c1ccc2sc(N(C)CCCN(C)C)nc2c1. The molecule has 264 valence electrons. The number of amides is 1. The van der Waals surface area contributed by atoms with Crippen LogP contribution in [0.1, 0.15) is 32.3 Å². The van der Waals surface area contributed by atoms with E-state index in [1.54, 1.807) is 18.2 Å².